The van der Waals surface area contributed by atoms with Crippen molar-refractivity contribution in [2.75, 3.05) is 11.9 Å². The van der Waals surface area contributed by atoms with Crippen LogP contribution in [-0.4, -0.2) is 22.5 Å². The molecule has 0 aliphatic heterocycles. The molecule has 0 saturated heterocycles. The molecule has 1 heterocycles. The van der Waals surface area contributed by atoms with E-state index in [0.717, 1.165) is 17.0 Å². The largest absolute Gasteiger partial charge is 0.494 e. The third-order valence-electron chi connectivity index (χ3n) is 3.63. The lowest BCUT2D eigenvalue weighted by atomic mass is 10.2. The van der Waals surface area contributed by atoms with Gasteiger partial charge in [-0.1, -0.05) is 30.3 Å². The highest BCUT2D eigenvalue weighted by Gasteiger charge is 2.09. The van der Waals surface area contributed by atoms with Crippen molar-refractivity contribution in [1.29, 1.82) is 0 Å². The van der Waals surface area contributed by atoms with Crippen molar-refractivity contribution < 1.29 is 9.53 Å². The summed E-state index contributed by atoms with van der Waals surface area (Å²) in [7, 11) is 0. The number of carbonyl (C=O) groups is 1. The van der Waals surface area contributed by atoms with Crippen molar-refractivity contribution >= 4 is 17.4 Å². The second-order valence-corrected chi connectivity index (χ2v) is 5.54. The van der Waals surface area contributed by atoms with Crippen LogP contribution in [0, 0.1) is 0 Å². The molecule has 0 saturated carbocycles. The van der Waals surface area contributed by atoms with Crippen molar-refractivity contribution in [1.82, 2.24) is 15.3 Å². The zero-order valence-corrected chi connectivity index (χ0v) is 14.5. The minimum Gasteiger partial charge on any atom is -0.494 e. The van der Waals surface area contributed by atoms with Crippen LogP contribution in [0.3, 0.4) is 0 Å². The molecule has 0 aliphatic rings. The number of amides is 1. The lowest BCUT2D eigenvalue weighted by molar-refractivity contribution is 0.0946. The molecule has 0 aliphatic carbocycles. The highest BCUT2D eigenvalue weighted by Crippen LogP contribution is 2.19. The predicted molar refractivity (Wildman–Crippen MR) is 101 cm³/mol. The van der Waals surface area contributed by atoms with Crippen LogP contribution in [0.4, 0.5) is 11.5 Å². The Morgan fingerprint density at radius 2 is 1.81 bits per heavy atom. The first kappa shape index (κ1) is 17.4. The van der Waals surface area contributed by atoms with Crippen LogP contribution in [0.25, 0.3) is 0 Å². The molecular weight excluding hydrogens is 328 g/mol. The number of carbonyl (C=O) groups excluding carboxylic acids is 1. The van der Waals surface area contributed by atoms with Gasteiger partial charge in [-0.2, -0.15) is 0 Å². The van der Waals surface area contributed by atoms with Crippen LogP contribution in [0.2, 0.25) is 0 Å². The molecule has 6 nitrogen and oxygen atoms in total. The Bertz CT molecular complexity index is 851. The maximum atomic E-state index is 12.3. The number of aromatic nitrogens is 2. The molecule has 26 heavy (non-hydrogen) atoms. The first-order valence-corrected chi connectivity index (χ1v) is 8.38. The molecule has 3 aromatic rings. The number of ether oxygens (including phenoxy) is 1. The van der Waals surface area contributed by atoms with Crippen molar-refractivity contribution in [3.63, 3.8) is 0 Å². The first-order chi connectivity index (χ1) is 12.7. The number of hydrogen-bond acceptors (Lipinski definition) is 5. The number of nitrogens with zero attached hydrogens (tertiary/aromatic N) is 2. The first-order valence-electron chi connectivity index (χ1n) is 8.38. The lowest BCUT2D eigenvalue weighted by Gasteiger charge is -2.09. The minimum absolute atomic E-state index is 0.244. The number of rotatable bonds is 7. The van der Waals surface area contributed by atoms with E-state index in [2.05, 4.69) is 20.6 Å². The standard InChI is InChI=1S/C20H20N4O2/c1-2-26-17-10-8-16(9-11-17)24-19-12-18(22-14-23-19)20(25)21-13-15-6-4-3-5-7-15/h3-12,14H,2,13H2,1H3,(H,21,25)(H,22,23,24). The van der Waals surface area contributed by atoms with Gasteiger partial charge in [0.15, 0.2) is 0 Å². The monoisotopic (exact) mass is 348 g/mol. The number of nitrogens with one attached hydrogen (secondary N) is 2. The fraction of sp³-hybridized carbons (Fsp3) is 0.150. The van der Waals surface area contributed by atoms with Gasteiger partial charge in [-0.05, 0) is 36.8 Å². The third kappa shape index (κ3) is 4.80. The van der Waals surface area contributed by atoms with Crippen molar-refractivity contribution in [3.8, 4) is 5.75 Å². The van der Waals surface area contributed by atoms with Gasteiger partial charge in [0.2, 0.25) is 0 Å². The summed E-state index contributed by atoms with van der Waals surface area (Å²) in [4.78, 5) is 20.5. The molecule has 2 aromatic carbocycles. The molecule has 0 radical (unpaired) electrons. The number of anilines is 2. The van der Waals surface area contributed by atoms with Gasteiger partial charge >= 0.3 is 0 Å². The summed E-state index contributed by atoms with van der Waals surface area (Å²) in [6, 6.07) is 18.9. The van der Waals surface area contributed by atoms with E-state index >= 15 is 0 Å². The highest BCUT2D eigenvalue weighted by atomic mass is 16.5. The zero-order valence-electron chi connectivity index (χ0n) is 14.5. The second kappa shape index (κ2) is 8.62. The normalized spacial score (nSPS) is 10.2. The molecular formula is C20H20N4O2. The van der Waals surface area contributed by atoms with E-state index in [4.69, 9.17) is 4.74 Å². The molecule has 0 atom stereocenters. The van der Waals surface area contributed by atoms with E-state index in [-0.39, 0.29) is 5.91 Å². The fourth-order valence-corrected chi connectivity index (χ4v) is 2.37. The number of hydrogen-bond donors (Lipinski definition) is 2. The van der Waals surface area contributed by atoms with Crippen LogP contribution in [0.1, 0.15) is 23.0 Å². The van der Waals surface area contributed by atoms with Crippen molar-refractivity contribution in [3.05, 3.63) is 78.2 Å². The molecule has 1 aromatic heterocycles. The van der Waals surface area contributed by atoms with Gasteiger partial charge in [-0.3, -0.25) is 4.79 Å². The molecule has 0 fully saturated rings. The Balaban J connectivity index is 1.62. The Kier molecular flexibility index (Phi) is 5.77. The van der Waals surface area contributed by atoms with E-state index in [1.807, 2.05) is 61.5 Å². The zero-order chi connectivity index (χ0) is 18.2. The van der Waals surface area contributed by atoms with E-state index < -0.39 is 0 Å². The summed E-state index contributed by atoms with van der Waals surface area (Å²) in [5.74, 6) is 1.11. The molecule has 6 heteroatoms. The van der Waals surface area contributed by atoms with E-state index in [9.17, 15) is 4.79 Å². The molecule has 0 bridgehead atoms. The van der Waals surface area contributed by atoms with Gasteiger partial charge in [0.05, 0.1) is 6.61 Å². The molecule has 2 N–H and O–H groups in total. The minimum atomic E-state index is -0.244. The molecule has 0 spiro atoms. The molecule has 1 amide bonds. The third-order valence-corrected chi connectivity index (χ3v) is 3.63. The molecule has 3 rings (SSSR count). The number of benzene rings is 2. The average molecular weight is 348 g/mol. The van der Waals surface area contributed by atoms with Crippen LogP contribution >= 0.6 is 0 Å². The van der Waals surface area contributed by atoms with Crippen LogP contribution < -0.4 is 15.4 Å². The topological polar surface area (TPSA) is 76.1 Å². The Labute approximate surface area is 152 Å². The summed E-state index contributed by atoms with van der Waals surface area (Å²) in [6.07, 6.45) is 1.37. The van der Waals surface area contributed by atoms with Crippen molar-refractivity contribution in [2.45, 2.75) is 13.5 Å². The maximum absolute atomic E-state index is 12.3. The van der Waals surface area contributed by atoms with Crippen molar-refractivity contribution in [2.24, 2.45) is 0 Å². The van der Waals surface area contributed by atoms with Gasteiger partial charge in [0.1, 0.15) is 23.6 Å². The average Bonchev–Trinajstić information content (AvgIpc) is 2.69. The molecule has 0 unspecified atom stereocenters. The Morgan fingerprint density at radius 3 is 2.54 bits per heavy atom. The second-order valence-electron chi connectivity index (χ2n) is 5.54. The van der Waals surface area contributed by atoms with Gasteiger partial charge < -0.3 is 15.4 Å². The van der Waals surface area contributed by atoms with Gasteiger partial charge in [0.25, 0.3) is 5.91 Å². The van der Waals surface area contributed by atoms with Gasteiger partial charge in [-0.25, -0.2) is 9.97 Å². The van der Waals surface area contributed by atoms with E-state index in [0.29, 0.717) is 24.7 Å². The lowest BCUT2D eigenvalue weighted by Crippen LogP contribution is -2.24. The summed E-state index contributed by atoms with van der Waals surface area (Å²) >= 11 is 0. The summed E-state index contributed by atoms with van der Waals surface area (Å²) < 4.78 is 5.42. The Hall–Kier alpha value is -3.41. The summed E-state index contributed by atoms with van der Waals surface area (Å²) in [5.41, 5.74) is 2.19. The Morgan fingerprint density at radius 1 is 1.04 bits per heavy atom. The van der Waals surface area contributed by atoms with Crippen LogP contribution in [-0.2, 0) is 6.54 Å². The quantitative estimate of drug-likeness (QED) is 0.683. The summed E-state index contributed by atoms with van der Waals surface area (Å²) in [6.45, 7) is 3.02. The summed E-state index contributed by atoms with van der Waals surface area (Å²) in [5, 5.41) is 6.01. The smallest absolute Gasteiger partial charge is 0.270 e. The fourth-order valence-electron chi connectivity index (χ4n) is 2.37. The van der Waals surface area contributed by atoms with Crippen LogP contribution in [0.5, 0.6) is 5.75 Å². The molecule has 132 valence electrons. The van der Waals surface area contributed by atoms with Gasteiger partial charge in [0, 0.05) is 18.3 Å². The SMILES string of the molecule is CCOc1ccc(Nc2cc(C(=O)NCc3ccccc3)ncn2)cc1. The maximum Gasteiger partial charge on any atom is 0.270 e. The van der Waals surface area contributed by atoms with Crippen LogP contribution in [0.15, 0.2) is 67.0 Å². The van der Waals surface area contributed by atoms with Gasteiger partial charge in [-0.15, -0.1) is 0 Å². The van der Waals surface area contributed by atoms with E-state index in [1.54, 1.807) is 6.07 Å². The predicted octanol–water partition coefficient (Wildman–Crippen LogP) is 3.55. The highest BCUT2D eigenvalue weighted by molar-refractivity contribution is 5.92. The van der Waals surface area contributed by atoms with E-state index in [1.165, 1.54) is 6.33 Å².